The zero-order valence-corrected chi connectivity index (χ0v) is 25.0. The van der Waals surface area contributed by atoms with Crippen LogP contribution in [0.25, 0.3) is 0 Å². The molecule has 2 heterocycles. The Kier molecular flexibility index (Phi) is 8.06. The van der Waals surface area contributed by atoms with Crippen LogP contribution >= 0.6 is 0 Å². The van der Waals surface area contributed by atoms with Gasteiger partial charge in [-0.25, -0.2) is 9.59 Å². The molecule has 1 saturated heterocycles. The molecule has 1 aromatic carbocycles. The largest absolute Gasteiger partial charge is 0.545 e. The van der Waals surface area contributed by atoms with E-state index in [0.717, 1.165) is 10.6 Å². The number of hydrogen-bond acceptors (Lipinski definition) is 9. The predicted molar refractivity (Wildman–Crippen MR) is 140 cm³/mol. The lowest BCUT2D eigenvalue weighted by Crippen LogP contribution is -2.68. The number of esters is 2. The zero-order chi connectivity index (χ0) is 28.0. The normalized spacial score (nSPS) is 20.3. The molecule has 37 heavy (non-hydrogen) atoms. The lowest BCUT2D eigenvalue weighted by atomic mass is 9.90. The lowest BCUT2D eigenvalue weighted by Gasteiger charge is -2.48. The summed E-state index contributed by atoms with van der Waals surface area (Å²) < 4.78 is 49.6. The van der Waals surface area contributed by atoms with Crippen molar-refractivity contribution in [2.75, 3.05) is 6.54 Å². The number of hydroxylamine groups is 2. The van der Waals surface area contributed by atoms with Crippen LogP contribution < -0.4 is 0 Å². The Morgan fingerprint density at radius 2 is 1.41 bits per heavy atom. The van der Waals surface area contributed by atoms with E-state index >= 15 is 0 Å². The molecule has 0 bridgehead atoms. The third-order valence-electron chi connectivity index (χ3n) is 7.22. The molecule has 2 aliphatic rings. The summed E-state index contributed by atoms with van der Waals surface area (Å²) in [6.45, 7) is 17.2. The van der Waals surface area contributed by atoms with Gasteiger partial charge >= 0.3 is 22.1 Å². The maximum atomic E-state index is 13.3. The van der Waals surface area contributed by atoms with E-state index in [2.05, 4.69) is 41.5 Å². The topological polar surface area (TPSA) is 108 Å². The van der Waals surface area contributed by atoms with Gasteiger partial charge < -0.3 is 13.9 Å². The van der Waals surface area contributed by atoms with Crippen LogP contribution in [0.4, 0.5) is 0 Å². The Bertz CT molecular complexity index is 1130. The van der Waals surface area contributed by atoms with Crippen molar-refractivity contribution in [3.63, 3.8) is 0 Å². The van der Waals surface area contributed by atoms with Gasteiger partial charge in [-0.05, 0) is 41.8 Å². The maximum Gasteiger partial charge on any atom is 0.344 e. The first-order valence-corrected chi connectivity index (χ1v) is 16.2. The van der Waals surface area contributed by atoms with Crippen molar-refractivity contribution in [2.24, 2.45) is 0 Å². The van der Waals surface area contributed by atoms with Crippen molar-refractivity contribution in [1.29, 1.82) is 0 Å². The van der Waals surface area contributed by atoms with E-state index in [9.17, 15) is 18.0 Å². The summed E-state index contributed by atoms with van der Waals surface area (Å²) >= 11 is 0. The van der Waals surface area contributed by atoms with Crippen LogP contribution in [0.3, 0.4) is 0 Å². The molecule has 0 atom stereocenters. The van der Waals surface area contributed by atoms with Crippen LogP contribution in [0.15, 0.2) is 41.0 Å². The van der Waals surface area contributed by atoms with Crippen molar-refractivity contribution in [2.45, 2.75) is 102 Å². The Morgan fingerprint density at radius 3 is 1.86 bits per heavy atom. The van der Waals surface area contributed by atoms with Gasteiger partial charge in [0.2, 0.25) is 5.54 Å². The molecule has 0 saturated carbocycles. The highest BCUT2D eigenvalue weighted by Gasteiger charge is 2.63. The first kappa shape index (κ1) is 29.3. The molecule has 0 unspecified atom stereocenters. The first-order valence-electron chi connectivity index (χ1n) is 12.6. The van der Waals surface area contributed by atoms with E-state index in [1.54, 1.807) is 18.2 Å². The highest BCUT2D eigenvalue weighted by Crippen LogP contribution is 2.45. The number of rotatable bonds is 8. The molecule has 11 heteroatoms. The molecule has 0 N–H and O–H groups in total. The fourth-order valence-corrected chi connectivity index (χ4v) is 11.7. The summed E-state index contributed by atoms with van der Waals surface area (Å²) in [5, 5.41) is 0.859. The minimum Gasteiger partial charge on any atom is -0.545 e. The van der Waals surface area contributed by atoms with Crippen molar-refractivity contribution in [1.82, 2.24) is 5.06 Å². The maximum absolute atomic E-state index is 13.3. The van der Waals surface area contributed by atoms with Gasteiger partial charge in [0.15, 0.2) is 0 Å². The molecule has 2 aliphatic heterocycles. The third-order valence-corrected chi connectivity index (χ3v) is 14.5. The van der Waals surface area contributed by atoms with E-state index < -0.39 is 41.7 Å². The standard InChI is InChI=1S/C26H39NO8SSi/c1-17(2)37(18(3)4,19(5)6)34-21-14-15-26(23(28)32-25(8,9)33-24(26)29)27(16-21)35-36(30,31)22-12-10-20(7)11-13-22/h10-14,17-19H,15-16H2,1-9H3. The molecule has 206 valence electrons. The quantitative estimate of drug-likeness (QED) is 0.250. The summed E-state index contributed by atoms with van der Waals surface area (Å²) in [5.74, 6) is -2.92. The molecule has 3 rings (SSSR count). The first-order chi connectivity index (χ1) is 17.0. The van der Waals surface area contributed by atoms with Crippen LogP contribution in [0.2, 0.25) is 16.6 Å². The smallest absolute Gasteiger partial charge is 0.344 e. The van der Waals surface area contributed by atoms with Gasteiger partial charge in [0.25, 0.3) is 14.1 Å². The average molecular weight is 554 g/mol. The highest BCUT2D eigenvalue weighted by atomic mass is 32.2. The van der Waals surface area contributed by atoms with Gasteiger partial charge in [-0.1, -0.05) is 59.2 Å². The molecule has 0 amide bonds. The number of benzene rings is 1. The van der Waals surface area contributed by atoms with Crippen LogP contribution in [0.1, 0.15) is 67.4 Å². The van der Waals surface area contributed by atoms with Gasteiger partial charge in [-0.2, -0.15) is 12.7 Å². The van der Waals surface area contributed by atoms with E-state index in [4.69, 9.17) is 18.2 Å². The summed E-state index contributed by atoms with van der Waals surface area (Å²) in [5.41, 5.74) is -0.509. The van der Waals surface area contributed by atoms with Crippen LogP contribution in [0, 0.1) is 6.92 Å². The molecule has 9 nitrogen and oxygen atoms in total. The number of carbonyl (C=O) groups excluding carboxylic acids is 2. The van der Waals surface area contributed by atoms with Gasteiger partial charge in [0, 0.05) is 20.3 Å². The number of nitrogens with zero attached hydrogens (tertiary/aromatic N) is 1. The third kappa shape index (κ3) is 5.36. The van der Waals surface area contributed by atoms with E-state index in [0.29, 0.717) is 5.76 Å². The Balaban J connectivity index is 2.07. The molecule has 0 aliphatic carbocycles. The SMILES string of the molecule is Cc1ccc(S(=O)(=O)ON2CC(O[Si](C(C)C)(C(C)C)C(C)C)=CCC23C(=O)OC(C)(C)OC3=O)cc1. The molecular formula is C26H39NO8SSi. The highest BCUT2D eigenvalue weighted by molar-refractivity contribution is 7.86. The molecule has 1 fully saturated rings. The molecule has 0 aromatic heterocycles. The van der Waals surface area contributed by atoms with E-state index in [1.807, 2.05) is 6.92 Å². The summed E-state index contributed by atoms with van der Waals surface area (Å²) in [6.07, 6.45) is 1.44. The fraction of sp³-hybridized carbons (Fsp3) is 0.615. The second-order valence-electron chi connectivity index (χ2n) is 11.2. The predicted octanol–water partition coefficient (Wildman–Crippen LogP) is 4.97. The van der Waals surface area contributed by atoms with Crippen molar-refractivity contribution in [3.05, 3.63) is 41.7 Å². The van der Waals surface area contributed by atoms with Crippen LogP contribution in [0.5, 0.6) is 0 Å². The van der Waals surface area contributed by atoms with Gasteiger partial charge in [-0.15, -0.1) is 5.06 Å². The minimum absolute atomic E-state index is 0.113. The summed E-state index contributed by atoms with van der Waals surface area (Å²) in [6, 6.07) is 6.08. The Hall–Kier alpha value is -2.21. The summed E-state index contributed by atoms with van der Waals surface area (Å²) in [7, 11) is -6.83. The fourth-order valence-electron chi connectivity index (χ4n) is 5.41. The molecule has 1 aromatic rings. The van der Waals surface area contributed by atoms with Gasteiger partial charge in [-0.3, -0.25) is 0 Å². The second-order valence-corrected chi connectivity index (χ2v) is 18.1. The van der Waals surface area contributed by atoms with Crippen molar-refractivity contribution >= 4 is 30.4 Å². The monoisotopic (exact) mass is 553 g/mol. The van der Waals surface area contributed by atoms with E-state index in [-0.39, 0.29) is 34.5 Å². The Labute approximate surface area is 221 Å². The molecule has 1 spiro atoms. The minimum atomic E-state index is -4.40. The number of aryl methyl sites for hydroxylation is 1. The lowest BCUT2D eigenvalue weighted by molar-refractivity contribution is -0.269. The van der Waals surface area contributed by atoms with Crippen LogP contribution in [-0.2, 0) is 37.9 Å². The number of hydrogen-bond donors (Lipinski definition) is 0. The number of carbonyl (C=O) groups is 2. The average Bonchev–Trinajstić information content (AvgIpc) is 2.75. The van der Waals surface area contributed by atoms with Gasteiger partial charge in [0.1, 0.15) is 0 Å². The molecule has 0 radical (unpaired) electrons. The van der Waals surface area contributed by atoms with Crippen LogP contribution in [-0.4, -0.2) is 51.6 Å². The second kappa shape index (κ2) is 10.2. The van der Waals surface area contributed by atoms with E-state index in [1.165, 1.54) is 26.0 Å². The zero-order valence-electron chi connectivity index (χ0n) is 23.2. The number of cyclic esters (lactones) is 2. The molecular weight excluding hydrogens is 514 g/mol. The Morgan fingerprint density at radius 1 is 0.919 bits per heavy atom. The van der Waals surface area contributed by atoms with Crippen molar-refractivity contribution in [3.8, 4) is 0 Å². The number of ether oxygens (including phenoxy) is 2. The summed E-state index contributed by atoms with van der Waals surface area (Å²) in [4.78, 5) is 26.5. The van der Waals surface area contributed by atoms with Crippen molar-refractivity contribution < 1.29 is 36.2 Å². The van der Waals surface area contributed by atoms with Gasteiger partial charge in [0.05, 0.1) is 17.2 Å².